The summed E-state index contributed by atoms with van der Waals surface area (Å²) in [5, 5.41) is 8.72. The number of anilines is 1. The van der Waals surface area contributed by atoms with E-state index in [0.29, 0.717) is 12.4 Å². The molecule has 0 bridgehead atoms. The molecule has 4 aromatic carbocycles. The second kappa shape index (κ2) is 16.4. The Balaban J connectivity index is 1.21. The van der Waals surface area contributed by atoms with E-state index in [1.54, 1.807) is 18.3 Å². The van der Waals surface area contributed by atoms with Crippen LogP contribution in [-0.4, -0.2) is 28.9 Å². The molecule has 238 valence electrons. The molecule has 47 heavy (non-hydrogen) atoms. The quantitative estimate of drug-likeness (QED) is 0.141. The van der Waals surface area contributed by atoms with Crippen LogP contribution in [0.15, 0.2) is 134 Å². The summed E-state index contributed by atoms with van der Waals surface area (Å²) >= 11 is 0. The molecule has 0 spiro atoms. The number of ether oxygens (including phenoxy) is 1. The summed E-state index contributed by atoms with van der Waals surface area (Å²) < 4.78 is 5.26. The van der Waals surface area contributed by atoms with Crippen molar-refractivity contribution in [2.75, 3.05) is 5.73 Å². The number of aromatic nitrogens is 1. The molecule has 5 rings (SSSR count). The molecule has 0 aliphatic rings. The SMILES string of the molecule is Nc1ccc(CC(NC(=O)C(c2ccccc2)c2ccccc2)C(=O)NCc2ccc(CNC(=O)OCc3ccccc3)cc2)cn1. The zero-order chi connectivity index (χ0) is 32.8. The minimum Gasteiger partial charge on any atom is -0.445 e. The van der Waals surface area contributed by atoms with E-state index in [9.17, 15) is 14.4 Å². The highest BCUT2D eigenvalue weighted by Crippen LogP contribution is 2.25. The molecule has 0 aliphatic carbocycles. The van der Waals surface area contributed by atoms with Crippen molar-refractivity contribution >= 4 is 23.7 Å². The molecular weight excluding hydrogens is 590 g/mol. The second-order valence-electron chi connectivity index (χ2n) is 11.1. The fourth-order valence-corrected chi connectivity index (χ4v) is 5.08. The summed E-state index contributed by atoms with van der Waals surface area (Å²) in [5.74, 6) is -0.851. The van der Waals surface area contributed by atoms with Gasteiger partial charge in [-0.3, -0.25) is 9.59 Å². The third-order valence-corrected chi connectivity index (χ3v) is 7.59. The van der Waals surface area contributed by atoms with E-state index in [0.717, 1.165) is 33.4 Å². The molecule has 1 aromatic heterocycles. The summed E-state index contributed by atoms with van der Waals surface area (Å²) in [6.07, 6.45) is 1.33. The average Bonchev–Trinajstić information content (AvgIpc) is 3.11. The minimum atomic E-state index is -0.867. The van der Waals surface area contributed by atoms with Gasteiger partial charge in [0.05, 0.1) is 5.92 Å². The number of amides is 3. The van der Waals surface area contributed by atoms with Gasteiger partial charge in [0.2, 0.25) is 11.8 Å². The first-order chi connectivity index (χ1) is 22.9. The van der Waals surface area contributed by atoms with Crippen molar-refractivity contribution in [2.45, 2.75) is 38.1 Å². The maximum absolute atomic E-state index is 13.9. The molecule has 0 saturated carbocycles. The standard InChI is InChI=1S/C38H37N5O4/c39-34-21-20-30(25-40-34)22-33(43-37(45)35(31-12-6-2-7-13-31)32-14-8-3-9-15-32)36(44)41-23-27-16-18-28(19-17-27)24-42-38(46)47-26-29-10-4-1-5-11-29/h1-21,25,33,35H,22-24,26H2,(H2,39,40)(H,41,44)(H,42,46)(H,43,45). The van der Waals surface area contributed by atoms with Gasteiger partial charge in [0.15, 0.2) is 0 Å². The van der Waals surface area contributed by atoms with Gasteiger partial charge in [-0.1, -0.05) is 121 Å². The molecule has 1 unspecified atom stereocenters. The lowest BCUT2D eigenvalue weighted by Crippen LogP contribution is -2.49. The number of hydrogen-bond acceptors (Lipinski definition) is 6. The highest BCUT2D eigenvalue weighted by Gasteiger charge is 2.28. The van der Waals surface area contributed by atoms with Gasteiger partial charge in [0, 0.05) is 25.7 Å². The van der Waals surface area contributed by atoms with E-state index < -0.39 is 18.1 Å². The number of nitrogens with one attached hydrogen (secondary N) is 3. The van der Waals surface area contributed by atoms with Crippen molar-refractivity contribution in [1.29, 1.82) is 0 Å². The maximum Gasteiger partial charge on any atom is 0.407 e. The first kappa shape index (κ1) is 32.4. The predicted octanol–water partition coefficient (Wildman–Crippen LogP) is 5.27. The Morgan fingerprint density at radius 3 is 1.70 bits per heavy atom. The van der Waals surface area contributed by atoms with Crippen molar-refractivity contribution in [2.24, 2.45) is 0 Å². The largest absolute Gasteiger partial charge is 0.445 e. The molecule has 0 saturated heterocycles. The smallest absolute Gasteiger partial charge is 0.407 e. The van der Waals surface area contributed by atoms with Gasteiger partial charge in [0.25, 0.3) is 0 Å². The molecule has 5 N–H and O–H groups in total. The fraction of sp³-hybridized carbons (Fsp3) is 0.158. The van der Waals surface area contributed by atoms with Crippen LogP contribution >= 0.6 is 0 Å². The van der Waals surface area contributed by atoms with Crippen molar-refractivity contribution < 1.29 is 19.1 Å². The topological polar surface area (TPSA) is 135 Å². The van der Waals surface area contributed by atoms with Crippen molar-refractivity contribution in [1.82, 2.24) is 20.9 Å². The Kier molecular flexibility index (Phi) is 11.3. The van der Waals surface area contributed by atoms with E-state index in [2.05, 4.69) is 20.9 Å². The van der Waals surface area contributed by atoms with Crippen LogP contribution in [0.1, 0.15) is 39.3 Å². The summed E-state index contributed by atoms with van der Waals surface area (Å²) in [4.78, 5) is 43.7. The van der Waals surface area contributed by atoms with Crippen LogP contribution in [-0.2, 0) is 40.4 Å². The molecule has 0 fully saturated rings. The molecule has 3 amide bonds. The number of nitrogens with two attached hydrogens (primary N) is 1. The Hall–Kier alpha value is -5.96. The lowest BCUT2D eigenvalue weighted by molar-refractivity contribution is -0.129. The molecule has 0 aliphatic heterocycles. The van der Waals surface area contributed by atoms with Crippen molar-refractivity contribution in [3.63, 3.8) is 0 Å². The summed E-state index contributed by atoms with van der Waals surface area (Å²) in [7, 11) is 0. The number of benzene rings is 4. The van der Waals surface area contributed by atoms with Crippen LogP contribution in [0.3, 0.4) is 0 Å². The minimum absolute atomic E-state index is 0.195. The Bertz CT molecular complexity index is 1690. The Morgan fingerprint density at radius 2 is 1.15 bits per heavy atom. The van der Waals surface area contributed by atoms with Crippen molar-refractivity contribution in [3.8, 4) is 0 Å². The van der Waals surface area contributed by atoms with E-state index in [-0.39, 0.29) is 31.4 Å². The molecule has 1 heterocycles. The molecule has 9 heteroatoms. The van der Waals surface area contributed by atoms with Gasteiger partial charge >= 0.3 is 6.09 Å². The number of hydrogen-bond donors (Lipinski definition) is 4. The van der Waals surface area contributed by atoms with E-state index in [1.165, 1.54) is 0 Å². The van der Waals surface area contributed by atoms with Gasteiger partial charge in [-0.25, -0.2) is 9.78 Å². The first-order valence-electron chi connectivity index (χ1n) is 15.4. The lowest BCUT2D eigenvalue weighted by atomic mass is 9.90. The van der Waals surface area contributed by atoms with Gasteiger partial charge in [-0.2, -0.15) is 0 Å². The molecule has 5 aromatic rings. The van der Waals surface area contributed by atoms with E-state index >= 15 is 0 Å². The normalized spacial score (nSPS) is 11.3. The van der Waals surface area contributed by atoms with Crippen LogP contribution in [0.2, 0.25) is 0 Å². The van der Waals surface area contributed by atoms with Gasteiger partial charge < -0.3 is 26.4 Å². The van der Waals surface area contributed by atoms with Crippen LogP contribution in [0.5, 0.6) is 0 Å². The molecule has 9 nitrogen and oxygen atoms in total. The van der Waals surface area contributed by atoms with Gasteiger partial charge in [-0.15, -0.1) is 0 Å². The summed E-state index contributed by atoms with van der Waals surface area (Å²) in [5.41, 5.74) is 10.8. The number of carbonyl (C=O) groups excluding carboxylic acids is 3. The number of alkyl carbamates (subject to hydrolysis) is 1. The van der Waals surface area contributed by atoms with Crippen LogP contribution in [0.25, 0.3) is 0 Å². The van der Waals surface area contributed by atoms with Crippen LogP contribution in [0, 0.1) is 0 Å². The average molecular weight is 628 g/mol. The lowest BCUT2D eigenvalue weighted by Gasteiger charge is -2.23. The molecule has 0 radical (unpaired) electrons. The number of rotatable bonds is 13. The zero-order valence-electron chi connectivity index (χ0n) is 25.8. The Morgan fingerprint density at radius 1 is 0.617 bits per heavy atom. The number of nitrogens with zero attached hydrogens (tertiary/aromatic N) is 1. The Labute approximate surface area is 274 Å². The highest BCUT2D eigenvalue weighted by atomic mass is 16.5. The fourth-order valence-electron chi connectivity index (χ4n) is 5.08. The number of pyridine rings is 1. The predicted molar refractivity (Wildman–Crippen MR) is 181 cm³/mol. The van der Waals surface area contributed by atoms with E-state index in [1.807, 2.05) is 115 Å². The molecule has 1 atom stereocenters. The van der Waals surface area contributed by atoms with E-state index in [4.69, 9.17) is 10.5 Å². The van der Waals surface area contributed by atoms with Crippen LogP contribution < -0.4 is 21.7 Å². The second-order valence-corrected chi connectivity index (χ2v) is 11.1. The highest BCUT2D eigenvalue weighted by molar-refractivity contribution is 5.92. The number of nitrogen functional groups attached to an aromatic ring is 1. The monoisotopic (exact) mass is 627 g/mol. The number of carbonyl (C=O) groups is 3. The third kappa shape index (κ3) is 9.76. The van der Waals surface area contributed by atoms with Crippen LogP contribution in [0.4, 0.5) is 10.6 Å². The van der Waals surface area contributed by atoms with Gasteiger partial charge in [0.1, 0.15) is 18.5 Å². The summed E-state index contributed by atoms with van der Waals surface area (Å²) in [6.45, 7) is 0.744. The third-order valence-electron chi connectivity index (χ3n) is 7.59. The maximum atomic E-state index is 13.9. The van der Waals surface area contributed by atoms with Crippen molar-refractivity contribution in [3.05, 3.63) is 167 Å². The van der Waals surface area contributed by atoms with Gasteiger partial charge in [-0.05, 0) is 39.4 Å². The molecular formula is C38H37N5O4. The summed E-state index contributed by atoms with van der Waals surface area (Å²) in [6, 6.07) is 38.6. The zero-order valence-corrected chi connectivity index (χ0v) is 25.8. The first-order valence-corrected chi connectivity index (χ1v) is 15.4.